The summed E-state index contributed by atoms with van der Waals surface area (Å²) in [7, 11) is -3.17. The molecule has 3 rings (SSSR count). The van der Waals surface area contributed by atoms with E-state index in [2.05, 4.69) is 0 Å². The number of fused-ring (bicyclic) bond motifs is 1. The van der Waals surface area contributed by atoms with Crippen molar-refractivity contribution < 1.29 is 13.2 Å². The number of nitrogens with zero attached hydrogens (tertiary/aromatic N) is 1. The first-order valence-electron chi connectivity index (χ1n) is 6.91. The Morgan fingerprint density at radius 2 is 2.00 bits per heavy atom. The molecular formula is C12H22N2O3S. The van der Waals surface area contributed by atoms with Crippen LogP contribution in [0.4, 0.5) is 0 Å². The van der Waals surface area contributed by atoms with E-state index in [9.17, 15) is 8.42 Å². The molecule has 0 bridgehead atoms. The average Bonchev–Trinajstić information content (AvgIpc) is 2.94. The van der Waals surface area contributed by atoms with Gasteiger partial charge in [0.15, 0.2) is 0 Å². The normalized spacial score (nSPS) is 42.1. The zero-order valence-electron chi connectivity index (χ0n) is 10.6. The molecule has 1 saturated carbocycles. The Bertz CT molecular complexity index is 406. The molecule has 0 amide bonds. The molecule has 3 aliphatic rings. The van der Waals surface area contributed by atoms with Crippen LogP contribution in [0.2, 0.25) is 0 Å². The number of nitrogens with two attached hydrogens (primary N) is 1. The van der Waals surface area contributed by atoms with E-state index in [1.54, 1.807) is 4.31 Å². The molecule has 0 radical (unpaired) electrons. The Balaban J connectivity index is 1.71. The van der Waals surface area contributed by atoms with Crippen molar-refractivity contribution >= 4 is 10.0 Å². The topological polar surface area (TPSA) is 72.6 Å². The van der Waals surface area contributed by atoms with Crippen LogP contribution in [-0.4, -0.2) is 50.3 Å². The maximum absolute atomic E-state index is 12.5. The second-order valence-corrected chi connectivity index (χ2v) is 8.08. The fourth-order valence-corrected chi connectivity index (χ4v) is 5.56. The molecule has 0 spiro atoms. The van der Waals surface area contributed by atoms with Crippen LogP contribution in [-0.2, 0) is 14.8 Å². The highest BCUT2D eigenvalue weighted by molar-refractivity contribution is 7.89. The summed E-state index contributed by atoms with van der Waals surface area (Å²) >= 11 is 0. The number of ether oxygens (including phenoxy) is 1. The van der Waals surface area contributed by atoms with Crippen molar-refractivity contribution in [1.82, 2.24) is 4.31 Å². The van der Waals surface area contributed by atoms with Gasteiger partial charge in [0.1, 0.15) is 0 Å². The van der Waals surface area contributed by atoms with Crippen molar-refractivity contribution in [2.24, 2.45) is 17.6 Å². The minimum absolute atomic E-state index is 0.192. The second-order valence-electron chi connectivity index (χ2n) is 5.87. The number of hydrogen-bond donors (Lipinski definition) is 1. The van der Waals surface area contributed by atoms with E-state index in [-0.39, 0.29) is 11.3 Å². The van der Waals surface area contributed by atoms with Gasteiger partial charge in [-0.3, -0.25) is 0 Å². The first-order chi connectivity index (χ1) is 8.59. The van der Waals surface area contributed by atoms with E-state index in [0.717, 1.165) is 25.7 Å². The quantitative estimate of drug-likeness (QED) is 0.779. The molecule has 6 heteroatoms. The molecule has 1 aliphatic carbocycles. The monoisotopic (exact) mass is 274 g/mol. The number of hydrogen-bond acceptors (Lipinski definition) is 4. The standard InChI is InChI=1S/C12H22N2O3S/c13-12-4-3-9-6-14(7-11(9)12)18(15,16)10-2-1-5-17-8-10/h9-12H,1-8,13H2. The molecule has 0 aromatic rings. The van der Waals surface area contributed by atoms with Gasteiger partial charge in [0.25, 0.3) is 0 Å². The highest BCUT2D eigenvalue weighted by atomic mass is 32.2. The molecule has 5 nitrogen and oxygen atoms in total. The molecule has 104 valence electrons. The van der Waals surface area contributed by atoms with Crippen LogP contribution < -0.4 is 5.73 Å². The fourth-order valence-electron chi connectivity index (χ4n) is 3.63. The smallest absolute Gasteiger partial charge is 0.219 e. The Kier molecular flexibility index (Phi) is 3.38. The van der Waals surface area contributed by atoms with E-state index < -0.39 is 10.0 Å². The molecule has 4 unspecified atom stereocenters. The number of sulfonamides is 1. The lowest BCUT2D eigenvalue weighted by Crippen LogP contribution is -2.42. The van der Waals surface area contributed by atoms with Crippen LogP contribution in [0.3, 0.4) is 0 Å². The van der Waals surface area contributed by atoms with Crippen LogP contribution in [0, 0.1) is 11.8 Å². The van der Waals surface area contributed by atoms with E-state index in [1.165, 1.54) is 0 Å². The van der Waals surface area contributed by atoms with Crippen LogP contribution in [0.5, 0.6) is 0 Å². The maximum Gasteiger partial charge on any atom is 0.219 e. The Hall–Kier alpha value is -0.170. The van der Waals surface area contributed by atoms with Crippen molar-refractivity contribution in [3.63, 3.8) is 0 Å². The largest absolute Gasteiger partial charge is 0.380 e. The van der Waals surface area contributed by atoms with E-state index in [0.29, 0.717) is 38.1 Å². The van der Waals surface area contributed by atoms with Gasteiger partial charge in [-0.1, -0.05) is 0 Å². The van der Waals surface area contributed by atoms with Crippen molar-refractivity contribution in [2.75, 3.05) is 26.3 Å². The third-order valence-electron chi connectivity index (χ3n) is 4.78. The lowest BCUT2D eigenvalue weighted by Gasteiger charge is -2.27. The Morgan fingerprint density at radius 3 is 2.67 bits per heavy atom. The summed E-state index contributed by atoms with van der Waals surface area (Å²) in [6, 6.07) is 0.192. The predicted molar refractivity (Wildman–Crippen MR) is 68.5 cm³/mol. The zero-order chi connectivity index (χ0) is 12.8. The summed E-state index contributed by atoms with van der Waals surface area (Å²) in [5.74, 6) is 0.864. The van der Waals surface area contributed by atoms with Gasteiger partial charge in [-0.05, 0) is 37.5 Å². The molecule has 0 aromatic heterocycles. The maximum atomic E-state index is 12.5. The third kappa shape index (κ3) is 2.09. The first kappa shape index (κ1) is 12.8. The van der Waals surface area contributed by atoms with E-state index in [4.69, 9.17) is 10.5 Å². The van der Waals surface area contributed by atoms with Crippen LogP contribution in [0.15, 0.2) is 0 Å². The highest BCUT2D eigenvalue weighted by Gasteiger charge is 2.46. The average molecular weight is 274 g/mol. The summed E-state index contributed by atoms with van der Waals surface area (Å²) in [5, 5.41) is -0.332. The molecule has 18 heavy (non-hydrogen) atoms. The molecule has 2 aliphatic heterocycles. The van der Waals surface area contributed by atoms with Gasteiger partial charge < -0.3 is 10.5 Å². The van der Waals surface area contributed by atoms with Crippen molar-refractivity contribution in [3.05, 3.63) is 0 Å². The Morgan fingerprint density at radius 1 is 1.17 bits per heavy atom. The van der Waals surface area contributed by atoms with Gasteiger partial charge in [0.2, 0.25) is 10.0 Å². The van der Waals surface area contributed by atoms with Crippen molar-refractivity contribution in [1.29, 1.82) is 0 Å². The van der Waals surface area contributed by atoms with E-state index >= 15 is 0 Å². The van der Waals surface area contributed by atoms with E-state index in [1.807, 2.05) is 0 Å². The summed E-state index contributed by atoms with van der Waals surface area (Å²) in [4.78, 5) is 0. The zero-order valence-corrected chi connectivity index (χ0v) is 11.4. The minimum atomic E-state index is -3.17. The van der Waals surface area contributed by atoms with Gasteiger partial charge in [0.05, 0.1) is 11.9 Å². The summed E-state index contributed by atoms with van der Waals surface area (Å²) in [6.45, 7) is 2.37. The van der Waals surface area contributed by atoms with Gasteiger partial charge in [-0.15, -0.1) is 0 Å². The molecule has 2 N–H and O–H groups in total. The highest BCUT2D eigenvalue weighted by Crippen LogP contribution is 2.39. The van der Waals surface area contributed by atoms with Gasteiger partial charge >= 0.3 is 0 Å². The molecular weight excluding hydrogens is 252 g/mol. The first-order valence-corrected chi connectivity index (χ1v) is 8.41. The van der Waals surface area contributed by atoms with Crippen LogP contribution in [0.25, 0.3) is 0 Å². The molecule has 2 saturated heterocycles. The second kappa shape index (κ2) is 4.74. The Labute approximate surface area is 109 Å². The van der Waals surface area contributed by atoms with Crippen molar-refractivity contribution in [3.8, 4) is 0 Å². The third-order valence-corrected chi connectivity index (χ3v) is 7.01. The number of rotatable bonds is 2. The minimum Gasteiger partial charge on any atom is -0.380 e. The SMILES string of the molecule is NC1CCC2CN(S(=O)(=O)C3CCCOC3)CC12. The molecule has 4 atom stereocenters. The van der Waals surface area contributed by atoms with Gasteiger partial charge in [-0.2, -0.15) is 0 Å². The predicted octanol–water partition coefficient (Wildman–Crippen LogP) is 0.164. The van der Waals surface area contributed by atoms with Gasteiger partial charge in [-0.25, -0.2) is 12.7 Å². The lowest BCUT2D eigenvalue weighted by atomic mass is 9.98. The summed E-state index contributed by atoms with van der Waals surface area (Å²) in [5.41, 5.74) is 6.06. The van der Waals surface area contributed by atoms with Crippen LogP contribution >= 0.6 is 0 Å². The van der Waals surface area contributed by atoms with Crippen LogP contribution in [0.1, 0.15) is 25.7 Å². The van der Waals surface area contributed by atoms with Crippen molar-refractivity contribution in [2.45, 2.75) is 37.0 Å². The molecule has 3 fully saturated rings. The lowest BCUT2D eigenvalue weighted by molar-refractivity contribution is 0.0976. The summed E-state index contributed by atoms with van der Waals surface area (Å²) in [6.07, 6.45) is 3.72. The van der Waals surface area contributed by atoms with Gasteiger partial charge in [0, 0.05) is 25.7 Å². The molecule has 2 heterocycles. The fraction of sp³-hybridized carbons (Fsp3) is 1.00. The molecule has 0 aromatic carbocycles. The summed E-state index contributed by atoms with van der Waals surface area (Å²) < 4.78 is 32.1.